The van der Waals surface area contributed by atoms with Gasteiger partial charge in [0, 0.05) is 31.4 Å². The van der Waals surface area contributed by atoms with Crippen molar-refractivity contribution in [3.8, 4) is 0 Å². The van der Waals surface area contributed by atoms with Gasteiger partial charge in [0.15, 0.2) is 0 Å². The topological polar surface area (TPSA) is 28.6 Å². The number of hydrogen-bond donors (Lipinski definition) is 0. The zero-order valence-electron chi connectivity index (χ0n) is 12.6. The molecule has 0 saturated carbocycles. The van der Waals surface area contributed by atoms with Gasteiger partial charge in [0.05, 0.1) is 31.1 Å². The Kier molecular flexibility index (Phi) is 4.22. The molecular weight excluding hydrogens is 250 g/mol. The maximum atomic E-state index is 5.33. The number of piperazine rings is 1. The van der Waals surface area contributed by atoms with Gasteiger partial charge in [0.25, 0.3) is 0 Å². The van der Waals surface area contributed by atoms with Gasteiger partial charge in [0.1, 0.15) is 0 Å². The Morgan fingerprint density at radius 3 is 2.65 bits per heavy atom. The van der Waals surface area contributed by atoms with Gasteiger partial charge in [0.2, 0.25) is 0 Å². The standard InChI is InChI=1S/C16H25N3O/c1-3-13-5-6-15(9-17-13)19-8-7-18(10-14(19)4-2)16-11-20-12-16/h5-6,9,14,16H,3-4,7-8,10-12H2,1-2H3. The molecule has 0 aromatic carbocycles. The third-order valence-electron chi connectivity index (χ3n) is 4.63. The quantitative estimate of drug-likeness (QED) is 0.839. The Balaban J connectivity index is 1.69. The monoisotopic (exact) mass is 275 g/mol. The van der Waals surface area contributed by atoms with Crippen LogP contribution in [0.25, 0.3) is 0 Å². The number of nitrogens with zero attached hydrogens (tertiary/aromatic N) is 3. The van der Waals surface area contributed by atoms with E-state index in [2.05, 4.69) is 40.8 Å². The van der Waals surface area contributed by atoms with Crippen LogP contribution in [0, 0.1) is 0 Å². The van der Waals surface area contributed by atoms with Crippen LogP contribution in [0.2, 0.25) is 0 Å². The Bertz CT molecular complexity index is 430. The van der Waals surface area contributed by atoms with Crippen molar-refractivity contribution in [1.29, 1.82) is 0 Å². The lowest BCUT2D eigenvalue weighted by Gasteiger charge is -2.47. The van der Waals surface area contributed by atoms with E-state index in [0.717, 1.165) is 39.3 Å². The fourth-order valence-corrected chi connectivity index (χ4v) is 3.13. The maximum absolute atomic E-state index is 5.33. The third kappa shape index (κ3) is 2.67. The minimum Gasteiger partial charge on any atom is -0.378 e. The Morgan fingerprint density at radius 2 is 2.10 bits per heavy atom. The van der Waals surface area contributed by atoms with Gasteiger partial charge in [-0.2, -0.15) is 0 Å². The van der Waals surface area contributed by atoms with E-state index >= 15 is 0 Å². The number of rotatable bonds is 4. The Hall–Kier alpha value is -1.13. The molecule has 2 fully saturated rings. The van der Waals surface area contributed by atoms with Crippen LogP contribution >= 0.6 is 0 Å². The molecule has 20 heavy (non-hydrogen) atoms. The molecule has 2 aliphatic rings. The van der Waals surface area contributed by atoms with Gasteiger partial charge in [-0.05, 0) is 25.0 Å². The molecule has 1 unspecified atom stereocenters. The first kappa shape index (κ1) is 13.8. The number of anilines is 1. The number of aromatic nitrogens is 1. The van der Waals surface area contributed by atoms with E-state index in [9.17, 15) is 0 Å². The molecule has 110 valence electrons. The minimum absolute atomic E-state index is 0.596. The molecular formula is C16H25N3O. The highest BCUT2D eigenvalue weighted by molar-refractivity contribution is 5.46. The summed E-state index contributed by atoms with van der Waals surface area (Å²) in [6.07, 6.45) is 4.23. The molecule has 4 nitrogen and oxygen atoms in total. The molecule has 2 aliphatic heterocycles. The van der Waals surface area contributed by atoms with Crippen molar-refractivity contribution >= 4 is 5.69 Å². The van der Waals surface area contributed by atoms with Crippen molar-refractivity contribution < 1.29 is 4.74 Å². The summed E-state index contributed by atoms with van der Waals surface area (Å²) in [5, 5.41) is 0. The van der Waals surface area contributed by atoms with Crippen molar-refractivity contribution in [2.45, 2.75) is 38.8 Å². The summed E-state index contributed by atoms with van der Waals surface area (Å²) in [7, 11) is 0. The highest BCUT2D eigenvalue weighted by Gasteiger charge is 2.33. The molecule has 0 bridgehead atoms. The summed E-state index contributed by atoms with van der Waals surface area (Å²) in [6, 6.07) is 5.65. The Labute approximate surface area is 121 Å². The second kappa shape index (κ2) is 6.10. The smallest absolute Gasteiger partial charge is 0.0645 e. The van der Waals surface area contributed by atoms with E-state index in [1.807, 2.05) is 6.20 Å². The molecule has 2 saturated heterocycles. The van der Waals surface area contributed by atoms with Crippen LogP contribution in [0.1, 0.15) is 26.0 Å². The summed E-state index contributed by atoms with van der Waals surface area (Å²) in [4.78, 5) is 9.68. The van der Waals surface area contributed by atoms with E-state index in [1.165, 1.54) is 17.8 Å². The van der Waals surface area contributed by atoms with Crippen LogP contribution in [0.4, 0.5) is 5.69 Å². The summed E-state index contributed by atoms with van der Waals surface area (Å²) in [5.41, 5.74) is 2.45. The first-order chi connectivity index (χ1) is 9.81. The Morgan fingerprint density at radius 1 is 1.25 bits per heavy atom. The third-order valence-corrected chi connectivity index (χ3v) is 4.63. The van der Waals surface area contributed by atoms with Crippen LogP contribution in [-0.4, -0.2) is 54.8 Å². The van der Waals surface area contributed by atoms with Crippen molar-refractivity contribution in [2.24, 2.45) is 0 Å². The summed E-state index contributed by atoms with van der Waals surface area (Å²) >= 11 is 0. The van der Waals surface area contributed by atoms with E-state index < -0.39 is 0 Å². The molecule has 0 amide bonds. The normalized spacial score (nSPS) is 24.7. The summed E-state index contributed by atoms with van der Waals surface area (Å²) in [6.45, 7) is 9.66. The molecule has 1 aromatic heterocycles. The molecule has 1 atom stereocenters. The lowest BCUT2D eigenvalue weighted by molar-refractivity contribution is -0.0698. The van der Waals surface area contributed by atoms with Gasteiger partial charge < -0.3 is 9.64 Å². The maximum Gasteiger partial charge on any atom is 0.0645 e. The molecule has 3 heterocycles. The van der Waals surface area contributed by atoms with Crippen molar-refractivity contribution in [1.82, 2.24) is 9.88 Å². The first-order valence-electron chi connectivity index (χ1n) is 7.85. The fourth-order valence-electron chi connectivity index (χ4n) is 3.13. The minimum atomic E-state index is 0.596. The first-order valence-corrected chi connectivity index (χ1v) is 7.85. The average molecular weight is 275 g/mol. The van der Waals surface area contributed by atoms with Gasteiger partial charge in [-0.25, -0.2) is 0 Å². The molecule has 1 aromatic rings. The number of ether oxygens (including phenoxy) is 1. The molecule has 0 radical (unpaired) electrons. The highest BCUT2D eigenvalue weighted by atomic mass is 16.5. The van der Waals surface area contributed by atoms with Crippen LogP contribution < -0.4 is 4.90 Å². The second-order valence-electron chi connectivity index (χ2n) is 5.80. The number of hydrogen-bond acceptors (Lipinski definition) is 4. The number of pyridine rings is 1. The predicted molar refractivity (Wildman–Crippen MR) is 81.2 cm³/mol. The van der Waals surface area contributed by atoms with Gasteiger partial charge in [-0.15, -0.1) is 0 Å². The molecule has 0 N–H and O–H groups in total. The lowest BCUT2D eigenvalue weighted by Crippen LogP contribution is -2.60. The average Bonchev–Trinajstić information content (AvgIpc) is 2.45. The van der Waals surface area contributed by atoms with Crippen LogP contribution in [0.3, 0.4) is 0 Å². The molecule has 0 spiro atoms. The molecule has 0 aliphatic carbocycles. The zero-order chi connectivity index (χ0) is 13.9. The predicted octanol–water partition coefficient (Wildman–Crippen LogP) is 1.94. The van der Waals surface area contributed by atoms with E-state index in [4.69, 9.17) is 4.74 Å². The fraction of sp³-hybridized carbons (Fsp3) is 0.688. The largest absolute Gasteiger partial charge is 0.378 e. The SMILES string of the molecule is CCc1ccc(N2CCN(C3COC3)CC2CC)cn1. The van der Waals surface area contributed by atoms with Crippen LogP contribution in [0.5, 0.6) is 0 Å². The van der Waals surface area contributed by atoms with Gasteiger partial charge in [-0.1, -0.05) is 13.8 Å². The van der Waals surface area contributed by atoms with Crippen molar-refractivity contribution in [3.05, 3.63) is 24.0 Å². The van der Waals surface area contributed by atoms with E-state index in [0.29, 0.717) is 12.1 Å². The second-order valence-corrected chi connectivity index (χ2v) is 5.80. The van der Waals surface area contributed by atoms with Crippen LogP contribution in [-0.2, 0) is 11.2 Å². The summed E-state index contributed by atoms with van der Waals surface area (Å²) < 4.78 is 5.33. The lowest BCUT2D eigenvalue weighted by atomic mass is 10.1. The van der Waals surface area contributed by atoms with Crippen molar-refractivity contribution in [2.75, 3.05) is 37.7 Å². The van der Waals surface area contributed by atoms with Crippen LogP contribution in [0.15, 0.2) is 18.3 Å². The van der Waals surface area contributed by atoms with E-state index in [1.54, 1.807) is 0 Å². The molecule has 4 heteroatoms. The summed E-state index contributed by atoms with van der Waals surface area (Å²) in [5.74, 6) is 0. The van der Waals surface area contributed by atoms with Crippen molar-refractivity contribution in [3.63, 3.8) is 0 Å². The number of aryl methyl sites for hydroxylation is 1. The zero-order valence-corrected chi connectivity index (χ0v) is 12.6. The van der Waals surface area contributed by atoms with E-state index in [-0.39, 0.29) is 0 Å². The van der Waals surface area contributed by atoms with Gasteiger partial charge >= 0.3 is 0 Å². The highest BCUT2D eigenvalue weighted by Crippen LogP contribution is 2.24. The molecule has 3 rings (SSSR count). The van der Waals surface area contributed by atoms with Gasteiger partial charge in [-0.3, -0.25) is 9.88 Å².